The van der Waals surface area contributed by atoms with Gasteiger partial charge in [-0.2, -0.15) is 0 Å². The molecule has 0 bridgehead atoms. The number of carbonyl (C=O) groups is 2. The number of urea groups is 1. The van der Waals surface area contributed by atoms with E-state index in [0.29, 0.717) is 22.8 Å². The van der Waals surface area contributed by atoms with E-state index in [-0.39, 0.29) is 24.2 Å². The summed E-state index contributed by atoms with van der Waals surface area (Å²) < 4.78 is 6.85. The Labute approximate surface area is 203 Å². The van der Waals surface area contributed by atoms with Crippen LogP contribution in [0.2, 0.25) is 0 Å². The molecule has 0 fully saturated rings. The monoisotopic (exact) mass is 470 g/mol. The van der Waals surface area contributed by atoms with Gasteiger partial charge in [0.1, 0.15) is 5.75 Å². The maximum absolute atomic E-state index is 12.8. The van der Waals surface area contributed by atoms with E-state index in [1.807, 2.05) is 67.6 Å². The van der Waals surface area contributed by atoms with Gasteiger partial charge in [0.2, 0.25) is 0 Å². The molecule has 3 aromatic carbocycles. The van der Waals surface area contributed by atoms with Gasteiger partial charge in [-0.15, -0.1) is 5.10 Å². The van der Waals surface area contributed by atoms with Crippen LogP contribution < -0.4 is 20.7 Å². The lowest BCUT2D eigenvalue weighted by Crippen LogP contribution is -2.24. The van der Waals surface area contributed by atoms with Gasteiger partial charge >= 0.3 is 6.03 Å². The van der Waals surface area contributed by atoms with E-state index in [9.17, 15) is 9.59 Å². The first-order valence-corrected chi connectivity index (χ1v) is 11.0. The van der Waals surface area contributed by atoms with E-state index in [2.05, 4.69) is 26.3 Å². The number of nitrogens with zero attached hydrogens (tertiary/aromatic N) is 3. The van der Waals surface area contributed by atoms with Crippen molar-refractivity contribution < 1.29 is 14.3 Å². The summed E-state index contributed by atoms with van der Waals surface area (Å²) >= 11 is 0. The Morgan fingerprint density at radius 2 is 1.63 bits per heavy atom. The molecule has 3 N–H and O–H groups in total. The van der Waals surface area contributed by atoms with Crippen molar-refractivity contribution in [1.29, 1.82) is 0 Å². The molecule has 0 spiro atoms. The molecule has 0 aliphatic rings. The quantitative estimate of drug-likeness (QED) is 0.369. The van der Waals surface area contributed by atoms with Crippen LogP contribution in [0.25, 0.3) is 5.69 Å². The lowest BCUT2D eigenvalue weighted by molar-refractivity contribution is 0.0945. The topological polar surface area (TPSA) is 110 Å². The summed E-state index contributed by atoms with van der Waals surface area (Å²) in [7, 11) is 1.59. The largest absolute Gasteiger partial charge is 0.497 e. The minimum absolute atomic E-state index is 0.236. The van der Waals surface area contributed by atoms with E-state index in [0.717, 1.165) is 16.8 Å². The van der Waals surface area contributed by atoms with Gasteiger partial charge < -0.3 is 20.7 Å². The van der Waals surface area contributed by atoms with E-state index in [1.165, 1.54) is 0 Å². The molecular weight excluding hydrogens is 444 g/mol. The van der Waals surface area contributed by atoms with Crippen LogP contribution in [-0.2, 0) is 6.54 Å². The number of amides is 3. The fourth-order valence-electron chi connectivity index (χ4n) is 3.57. The smallest absolute Gasteiger partial charge is 0.323 e. The zero-order chi connectivity index (χ0) is 24.8. The highest BCUT2D eigenvalue weighted by Crippen LogP contribution is 2.18. The molecule has 0 saturated carbocycles. The number of aromatic nitrogens is 3. The molecule has 4 aromatic rings. The number of hydrogen-bond acceptors (Lipinski definition) is 5. The molecule has 0 radical (unpaired) electrons. The van der Waals surface area contributed by atoms with Crippen LogP contribution in [0.15, 0.2) is 72.8 Å². The fraction of sp³-hybridized carbons (Fsp3) is 0.154. The van der Waals surface area contributed by atoms with Crippen molar-refractivity contribution in [3.8, 4) is 11.4 Å². The van der Waals surface area contributed by atoms with Crippen LogP contribution in [-0.4, -0.2) is 34.0 Å². The van der Waals surface area contributed by atoms with Crippen LogP contribution in [0.4, 0.5) is 16.2 Å². The summed E-state index contributed by atoms with van der Waals surface area (Å²) in [4.78, 5) is 25.1. The van der Waals surface area contributed by atoms with Crippen LogP contribution in [0.1, 0.15) is 27.3 Å². The van der Waals surface area contributed by atoms with Gasteiger partial charge in [-0.1, -0.05) is 35.5 Å². The molecule has 35 heavy (non-hydrogen) atoms. The number of nitrogens with one attached hydrogen (secondary N) is 3. The molecule has 3 amide bonds. The Morgan fingerprint density at radius 1 is 0.914 bits per heavy atom. The number of methoxy groups -OCH3 is 1. The second kappa shape index (κ2) is 10.5. The summed E-state index contributed by atoms with van der Waals surface area (Å²) in [6.45, 7) is 4.01. The van der Waals surface area contributed by atoms with E-state index >= 15 is 0 Å². The fourth-order valence-corrected chi connectivity index (χ4v) is 3.57. The predicted octanol–water partition coefficient (Wildman–Crippen LogP) is 4.47. The van der Waals surface area contributed by atoms with Gasteiger partial charge in [0.25, 0.3) is 5.91 Å². The molecule has 178 valence electrons. The number of ether oxygens (including phenoxy) is 1. The first-order chi connectivity index (χ1) is 16.9. The van der Waals surface area contributed by atoms with E-state index in [4.69, 9.17) is 4.74 Å². The third-order valence-corrected chi connectivity index (χ3v) is 5.32. The highest BCUT2D eigenvalue weighted by atomic mass is 16.5. The Bertz CT molecular complexity index is 1360. The molecular formula is C26H26N6O3. The molecule has 1 aromatic heterocycles. The van der Waals surface area contributed by atoms with Crippen molar-refractivity contribution in [3.63, 3.8) is 0 Å². The van der Waals surface area contributed by atoms with Gasteiger partial charge in [-0.3, -0.25) is 4.79 Å². The maximum Gasteiger partial charge on any atom is 0.323 e. The summed E-state index contributed by atoms with van der Waals surface area (Å²) in [6, 6.07) is 21.8. The first kappa shape index (κ1) is 23.5. The third-order valence-electron chi connectivity index (χ3n) is 5.32. The second-order valence-corrected chi connectivity index (χ2v) is 7.97. The zero-order valence-electron chi connectivity index (χ0n) is 19.7. The number of anilines is 2. The number of aryl methyl sites for hydroxylation is 1. The summed E-state index contributed by atoms with van der Waals surface area (Å²) in [5, 5.41) is 16.7. The van der Waals surface area contributed by atoms with Gasteiger partial charge in [0, 0.05) is 24.0 Å². The van der Waals surface area contributed by atoms with Gasteiger partial charge in [-0.25, -0.2) is 9.48 Å². The first-order valence-electron chi connectivity index (χ1n) is 11.0. The van der Waals surface area contributed by atoms with Gasteiger partial charge in [0.15, 0.2) is 5.69 Å². The van der Waals surface area contributed by atoms with E-state index in [1.54, 1.807) is 30.8 Å². The highest BCUT2D eigenvalue weighted by molar-refractivity contribution is 5.99. The lowest BCUT2D eigenvalue weighted by Gasteiger charge is -2.10. The van der Waals surface area contributed by atoms with Crippen molar-refractivity contribution in [2.24, 2.45) is 0 Å². The molecule has 0 atom stereocenters. The molecule has 9 heteroatoms. The summed E-state index contributed by atoms with van der Waals surface area (Å²) in [5.41, 5.74) is 4.80. The number of carbonyl (C=O) groups excluding carboxylic acids is 2. The van der Waals surface area contributed by atoms with Crippen LogP contribution in [0.3, 0.4) is 0 Å². The standard InChI is InChI=1S/C26H26N6O3/c1-17-7-4-9-20(13-17)28-26(34)29-21-10-5-8-19(14-21)16-27-25(33)24-18(2)32(31-30-24)22-11-6-12-23(15-22)35-3/h4-15H,16H2,1-3H3,(H,27,33)(H2,28,29,34). The molecule has 0 aliphatic heterocycles. The molecule has 1 heterocycles. The molecule has 0 unspecified atom stereocenters. The predicted molar refractivity (Wildman–Crippen MR) is 134 cm³/mol. The van der Waals surface area contributed by atoms with Crippen molar-refractivity contribution in [1.82, 2.24) is 20.3 Å². The number of rotatable bonds is 7. The normalized spacial score (nSPS) is 10.5. The lowest BCUT2D eigenvalue weighted by atomic mass is 10.2. The Balaban J connectivity index is 1.37. The maximum atomic E-state index is 12.8. The summed E-state index contributed by atoms with van der Waals surface area (Å²) in [6.07, 6.45) is 0. The van der Waals surface area contributed by atoms with Crippen molar-refractivity contribution in [2.45, 2.75) is 20.4 Å². The van der Waals surface area contributed by atoms with Crippen molar-refractivity contribution >= 4 is 23.3 Å². The van der Waals surface area contributed by atoms with Crippen molar-refractivity contribution in [2.75, 3.05) is 17.7 Å². The van der Waals surface area contributed by atoms with Gasteiger partial charge in [0.05, 0.1) is 18.5 Å². The van der Waals surface area contributed by atoms with Crippen molar-refractivity contribution in [3.05, 3.63) is 95.3 Å². The number of hydrogen-bond donors (Lipinski definition) is 3. The van der Waals surface area contributed by atoms with Crippen LogP contribution in [0.5, 0.6) is 5.75 Å². The minimum Gasteiger partial charge on any atom is -0.497 e. The average Bonchev–Trinajstić information content (AvgIpc) is 3.24. The van der Waals surface area contributed by atoms with Crippen LogP contribution >= 0.6 is 0 Å². The molecule has 0 aliphatic carbocycles. The molecule has 0 saturated heterocycles. The third kappa shape index (κ3) is 5.83. The Morgan fingerprint density at radius 3 is 2.37 bits per heavy atom. The molecule has 4 rings (SSSR count). The minimum atomic E-state index is -0.346. The Kier molecular flexibility index (Phi) is 7.06. The molecule has 9 nitrogen and oxygen atoms in total. The number of benzene rings is 3. The second-order valence-electron chi connectivity index (χ2n) is 7.97. The average molecular weight is 471 g/mol. The van der Waals surface area contributed by atoms with Gasteiger partial charge in [-0.05, 0) is 61.4 Å². The SMILES string of the molecule is COc1cccc(-n2nnc(C(=O)NCc3cccc(NC(=O)Nc4cccc(C)c4)c3)c2C)c1. The summed E-state index contributed by atoms with van der Waals surface area (Å²) in [5.74, 6) is 0.344. The van der Waals surface area contributed by atoms with Crippen LogP contribution in [0, 0.1) is 13.8 Å². The Hall–Kier alpha value is -4.66. The zero-order valence-corrected chi connectivity index (χ0v) is 19.7. The van der Waals surface area contributed by atoms with E-state index < -0.39 is 0 Å². The highest BCUT2D eigenvalue weighted by Gasteiger charge is 2.17.